The van der Waals surface area contributed by atoms with Crippen LogP contribution in [-0.2, 0) is 9.53 Å². The molecule has 1 aromatic rings. The van der Waals surface area contributed by atoms with Crippen LogP contribution in [0.1, 0.15) is 26.3 Å². The van der Waals surface area contributed by atoms with Gasteiger partial charge in [-0.05, 0) is 23.8 Å². The maximum Gasteiger partial charge on any atom is 0.310 e. The van der Waals surface area contributed by atoms with Crippen molar-refractivity contribution >= 4 is 22.6 Å². The molecule has 2 atom stereocenters. The van der Waals surface area contributed by atoms with Crippen LogP contribution in [0.25, 0.3) is 5.03 Å². The van der Waals surface area contributed by atoms with Crippen molar-refractivity contribution in [3.63, 3.8) is 0 Å². The first-order valence-corrected chi connectivity index (χ1v) is 6.95. The number of rotatable bonds is 4. The Kier molecular flexibility index (Phi) is 4.00. The Hall–Kier alpha value is -1.28. The molecule has 2 rings (SSSR count). The van der Waals surface area contributed by atoms with Crippen LogP contribution < -0.4 is 0 Å². The first-order valence-electron chi connectivity index (χ1n) is 6.58. The zero-order valence-electron chi connectivity index (χ0n) is 11.5. The van der Waals surface area contributed by atoms with Crippen LogP contribution >= 0.6 is 11.6 Å². The molecule has 0 aromatic heterocycles. The lowest BCUT2D eigenvalue weighted by molar-refractivity contribution is -0.145. The van der Waals surface area contributed by atoms with E-state index in [4.69, 9.17) is 16.3 Å². The normalized spacial score (nSPS) is 24.9. The van der Waals surface area contributed by atoms with Gasteiger partial charge in [0.25, 0.3) is 0 Å². The molecule has 2 nitrogen and oxygen atoms in total. The summed E-state index contributed by atoms with van der Waals surface area (Å²) in [6, 6.07) is 9.79. The fourth-order valence-corrected chi connectivity index (χ4v) is 2.78. The van der Waals surface area contributed by atoms with E-state index < -0.39 is 0 Å². The van der Waals surface area contributed by atoms with E-state index in [-0.39, 0.29) is 23.2 Å². The molecule has 0 spiro atoms. The van der Waals surface area contributed by atoms with Crippen molar-refractivity contribution in [1.29, 1.82) is 0 Å². The summed E-state index contributed by atoms with van der Waals surface area (Å²) in [7, 11) is 0. The van der Waals surface area contributed by atoms with E-state index in [1.54, 1.807) is 0 Å². The molecule has 0 unspecified atom stereocenters. The second-order valence-corrected chi connectivity index (χ2v) is 5.86. The Balaban J connectivity index is 2.14. The summed E-state index contributed by atoms with van der Waals surface area (Å²) >= 11 is 6.32. The highest BCUT2D eigenvalue weighted by atomic mass is 35.5. The van der Waals surface area contributed by atoms with Crippen molar-refractivity contribution in [3.8, 4) is 0 Å². The first-order chi connectivity index (χ1) is 8.98. The van der Waals surface area contributed by atoms with Crippen molar-refractivity contribution < 1.29 is 9.53 Å². The molecule has 19 heavy (non-hydrogen) atoms. The molecule has 0 saturated heterocycles. The predicted molar refractivity (Wildman–Crippen MR) is 77.7 cm³/mol. The topological polar surface area (TPSA) is 26.3 Å². The van der Waals surface area contributed by atoms with Gasteiger partial charge in [-0.3, -0.25) is 4.79 Å². The summed E-state index contributed by atoms with van der Waals surface area (Å²) in [5.74, 6) is -0.0459. The quantitative estimate of drug-likeness (QED) is 0.775. The van der Waals surface area contributed by atoms with E-state index in [1.807, 2.05) is 43.3 Å². The third kappa shape index (κ3) is 2.84. The average Bonchev–Trinajstić information content (AvgIpc) is 2.92. The lowest BCUT2D eigenvalue weighted by atomic mass is 10.1. The fourth-order valence-electron chi connectivity index (χ4n) is 2.52. The average molecular weight is 279 g/mol. The van der Waals surface area contributed by atoms with Gasteiger partial charge in [0.05, 0.1) is 12.5 Å². The third-order valence-electron chi connectivity index (χ3n) is 3.83. The highest BCUT2D eigenvalue weighted by molar-refractivity contribution is 6.48. The van der Waals surface area contributed by atoms with Gasteiger partial charge < -0.3 is 4.74 Å². The number of carbonyl (C=O) groups excluding carboxylic acids is 1. The van der Waals surface area contributed by atoms with E-state index in [9.17, 15) is 4.79 Å². The van der Waals surface area contributed by atoms with Crippen LogP contribution in [0.2, 0.25) is 0 Å². The Labute approximate surface area is 119 Å². The largest absolute Gasteiger partial charge is 0.466 e. The number of benzene rings is 1. The highest BCUT2D eigenvalue weighted by Gasteiger charge is 2.61. The van der Waals surface area contributed by atoms with Crippen molar-refractivity contribution in [2.75, 3.05) is 6.61 Å². The maximum atomic E-state index is 11.9. The smallest absolute Gasteiger partial charge is 0.310 e. The molecule has 0 heterocycles. The van der Waals surface area contributed by atoms with Gasteiger partial charge in [-0.25, -0.2) is 0 Å². The van der Waals surface area contributed by atoms with Gasteiger partial charge in [-0.1, -0.05) is 61.9 Å². The molecular weight excluding hydrogens is 260 g/mol. The van der Waals surface area contributed by atoms with E-state index in [1.165, 1.54) is 0 Å². The molecule has 1 aliphatic carbocycles. The number of ether oxygens (including phenoxy) is 1. The number of halogens is 1. The van der Waals surface area contributed by atoms with E-state index in [0.717, 1.165) is 5.56 Å². The van der Waals surface area contributed by atoms with Crippen molar-refractivity contribution in [2.24, 2.45) is 17.3 Å². The molecule has 0 aliphatic heterocycles. The second kappa shape index (κ2) is 5.38. The highest BCUT2D eigenvalue weighted by Crippen LogP contribution is 2.60. The minimum Gasteiger partial charge on any atom is -0.466 e. The lowest BCUT2D eigenvalue weighted by Crippen LogP contribution is -2.10. The molecule has 1 aromatic carbocycles. The zero-order chi connectivity index (χ0) is 14.0. The Morgan fingerprint density at radius 3 is 2.58 bits per heavy atom. The molecule has 0 amide bonds. The summed E-state index contributed by atoms with van der Waals surface area (Å²) in [6.45, 7) is 6.40. The summed E-state index contributed by atoms with van der Waals surface area (Å²) in [5.41, 5.74) is 0.913. The number of hydrogen-bond donors (Lipinski definition) is 0. The van der Waals surface area contributed by atoms with Gasteiger partial charge in [0.15, 0.2) is 0 Å². The summed E-state index contributed by atoms with van der Waals surface area (Å²) in [4.78, 5) is 11.9. The lowest BCUT2D eigenvalue weighted by Gasteiger charge is -2.01. The number of allylic oxidation sites excluding steroid dienone is 1. The standard InChI is InChI=1S/C16H19ClO2/c1-4-19-15(18)14-12(16(14,2)3)10-13(17)11-8-6-5-7-9-11/h5-10,12,14H,4H2,1-3H3/b13-10-/t12-,14+/m1/s1. The van der Waals surface area contributed by atoms with E-state index in [2.05, 4.69) is 13.8 Å². The maximum absolute atomic E-state index is 11.9. The zero-order valence-corrected chi connectivity index (χ0v) is 12.3. The van der Waals surface area contributed by atoms with Crippen molar-refractivity contribution in [2.45, 2.75) is 20.8 Å². The van der Waals surface area contributed by atoms with Crippen LogP contribution in [0.15, 0.2) is 36.4 Å². The van der Waals surface area contributed by atoms with E-state index >= 15 is 0 Å². The SMILES string of the molecule is CCOC(=O)[C@@H]1[C@@H](/C=C(\Cl)c2ccccc2)C1(C)C. The molecule has 0 bridgehead atoms. The van der Waals surface area contributed by atoms with Gasteiger partial charge in [-0.15, -0.1) is 0 Å². The molecule has 1 fully saturated rings. The van der Waals surface area contributed by atoms with Crippen LogP contribution in [0.4, 0.5) is 0 Å². The number of esters is 1. The van der Waals surface area contributed by atoms with Gasteiger partial charge in [0.2, 0.25) is 0 Å². The Bertz CT molecular complexity index is 491. The monoisotopic (exact) mass is 278 g/mol. The minimum atomic E-state index is -0.119. The van der Waals surface area contributed by atoms with Crippen LogP contribution in [0.3, 0.4) is 0 Å². The van der Waals surface area contributed by atoms with Crippen LogP contribution in [-0.4, -0.2) is 12.6 Å². The predicted octanol–water partition coefficient (Wildman–Crippen LogP) is 4.10. The number of hydrogen-bond acceptors (Lipinski definition) is 2. The van der Waals surface area contributed by atoms with Crippen molar-refractivity contribution in [1.82, 2.24) is 0 Å². The second-order valence-electron chi connectivity index (χ2n) is 5.46. The third-order valence-corrected chi connectivity index (χ3v) is 4.17. The van der Waals surface area contributed by atoms with Gasteiger partial charge >= 0.3 is 5.97 Å². The van der Waals surface area contributed by atoms with Crippen LogP contribution in [0.5, 0.6) is 0 Å². The van der Waals surface area contributed by atoms with E-state index in [0.29, 0.717) is 11.6 Å². The van der Waals surface area contributed by atoms with Gasteiger partial charge in [-0.2, -0.15) is 0 Å². The summed E-state index contributed by atoms with van der Waals surface area (Å²) in [6.07, 6.45) is 1.98. The summed E-state index contributed by atoms with van der Waals surface area (Å²) in [5, 5.41) is 0.700. The van der Waals surface area contributed by atoms with Gasteiger partial charge in [0.1, 0.15) is 0 Å². The molecular formula is C16H19ClO2. The molecule has 0 N–H and O–H groups in total. The number of carbonyl (C=O) groups is 1. The van der Waals surface area contributed by atoms with Gasteiger partial charge in [0, 0.05) is 5.03 Å². The molecule has 102 valence electrons. The molecule has 3 heteroatoms. The molecule has 1 saturated carbocycles. The minimum absolute atomic E-state index is 0.0683. The Morgan fingerprint density at radius 1 is 1.37 bits per heavy atom. The van der Waals surface area contributed by atoms with Crippen LogP contribution in [0, 0.1) is 17.3 Å². The molecule has 0 radical (unpaired) electrons. The Morgan fingerprint density at radius 2 is 2.00 bits per heavy atom. The first kappa shape index (κ1) is 14.1. The molecule has 1 aliphatic rings. The fraction of sp³-hybridized carbons (Fsp3) is 0.438. The van der Waals surface area contributed by atoms with Crippen molar-refractivity contribution in [3.05, 3.63) is 42.0 Å². The summed E-state index contributed by atoms with van der Waals surface area (Å²) < 4.78 is 5.11.